The second-order valence-electron chi connectivity index (χ2n) is 6.85. The van der Waals surface area contributed by atoms with E-state index in [0.29, 0.717) is 18.1 Å². The highest BCUT2D eigenvalue weighted by atomic mass is 32.2. The zero-order valence-electron chi connectivity index (χ0n) is 12.9. The van der Waals surface area contributed by atoms with E-state index in [1.54, 1.807) is 0 Å². The molecule has 0 amide bonds. The molecule has 0 aromatic heterocycles. The van der Waals surface area contributed by atoms with Crippen molar-refractivity contribution >= 4 is 11.8 Å². The Labute approximate surface area is 127 Å². The van der Waals surface area contributed by atoms with Gasteiger partial charge in [0.25, 0.3) is 0 Å². The number of rotatable bonds is 3. The summed E-state index contributed by atoms with van der Waals surface area (Å²) in [6.45, 7) is 4.10. The molecule has 3 saturated heterocycles. The molecule has 0 aromatic rings. The van der Waals surface area contributed by atoms with Gasteiger partial charge in [0.2, 0.25) is 0 Å². The first-order valence-corrected chi connectivity index (χ1v) is 9.38. The highest BCUT2D eigenvalue weighted by Gasteiger charge is 2.43. The van der Waals surface area contributed by atoms with Gasteiger partial charge in [0.1, 0.15) is 0 Å². The molecule has 4 heteroatoms. The van der Waals surface area contributed by atoms with Gasteiger partial charge in [0, 0.05) is 18.6 Å². The van der Waals surface area contributed by atoms with Gasteiger partial charge in [0.15, 0.2) is 0 Å². The summed E-state index contributed by atoms with van der Waals surface area (Å²) in [5.74, 6) is 4.00. The predicted molar refractivity (Wildman–Crippen MR) is 84.3 cm³/mol. The van der Waals surface area contributed by atoms with E-state index in [0.717, 1.165) is 19.1 Å². The predicted octanol–water partition coefficient (Wildman–Crippen LogP) is 2.69. The fourth-order valence-corrected chi connectivity index (χ4v) is 5.66. The van der Waals surface area contributed by atoms with Gasteiger partial charge in [-0.3, -0.25) is 0 Å². The summed E-state index contributed by atoms with van der Waals surface area (Å²) in [7, 11) is 2.13. The fourth-order valence-electron chi connectivity index (χ4n) is 4.42. The van der Waals surface area contributed by atoms with E-state index >= 15 is 0 Å². The van der Waals surface area contributed by atoms with Crippen molar-refractivity contribution in [3.63, 3.8) is 0 Å². The first-order valence-electron chi connectivity index (χ1n) is 8.23. The Morgan fingerprint density at radius 1 is 1.25 bits per heavy atom. The standard InChI is InChI=1S/C16H29NO2S/c1-12-9-14(11-18-12)15(17-2)13-3-6-19-16(10-13)4-7-20-8-5-16/h12-15,17H,3-11H2,1-2H3. The lowest BCUT2D eigenvalue weighted by atomic mass is 9.75. The van der Waals surface area contributed by atoms with Gasteiger partial charge in [-0.05, 0) is 63.5 Å². The Kier molecular flexibility index (Phi) is 4.96. The van der Waals surface area contributed by atoms with Crippen LogP contribution in [-0.2, 0) is 9.47 Å². The third-order valence-electron chi connectivity index (χ3n) is 5.51. The third kappa shape index (κ3) is 3.18. The van der Waals surface area contributed by atoms with E-state index in [1.165, 1.54) is 43.6 Å². The Balaban J connectivity index is 1.65. The molecule has 0 bridgehead atoms. The second kappa shape index (κ2) is 6.55. The van der Waals surface area contributed by atoms with Crippen molar-refractivity contribution < 1.29 is 9.47 Å². The van der Waals surface area contributed by atoms with Crippen LogP contribution in [-0.4, -0.2) is 49.5 Å². The van der Waals surface area contributed by atoms with Crippen molar-refractivity contribution in [3.8, 4) is 0 Å². The summed E-state index contributed by atoms with van der Waals surface area (Å²) in [5.41, 5.74) is 0.203. The first kappa shape index (κ1) is 15.1. The van der Waals surface area contributed by atoms with Crippen LogP contribution in [0, 0.1) is 11.8 Å². The number of hydrogen-bond donors (Lipinski definition) is 1. The zero-order valence-corrected chi connectivity index (χ0v) is 13.7. The highest BCUT2D eigenvalue weighted by Crippen LogP contribution is 2.42. The van der Waals surface area contributed by atoms with Crippen molar-refractivity contribution in [1.29, 1.82) is 0 Å². The molecule has 3 nitrogen and oxygen atoms in total. The molecule has 0 saturated carbocycles. The average Bonchev–Trinajstić information content (AvgIpc) is 2.87. The Bertz CT molecular complexity index is 314. The van der Waals surface area contributed by atoms with Crippen molar-refractivity contribution in [3.05, 3.63) is 0 Å². The minimum absolute atomic E-state index is 0.203. The number of nitrogens with one attached hydrogen (secondary N) is 1. The van der Waals surface area contributed by atoms with Gasteiger partial charge < -0.3 is 14.8 Å². The van der Waals surface area contributed by atoms with Gasteiger partial charge in [-0.15, -0.1) is 0 Å². The monoisotopic (exact) mass is 299 g/mol. The summed E-state index contributed by atoms with van der Waals surface area (Å²) in [6.07, 6.45) is 6.63. The van der Waals surface area contributed by atoms with Crippen LogP contribution in [0.2, 0.25) is 0 Å². The van der Waals surface area contributed by atoms with Crippen molar-refractivity contribution in [2.45, 2.75) is 56.8 Å². The van der Waals surface area contributed by atoms with Crippen LogP contribution in [0.25, 0.3) is 0 Å². The Hall–Kier alpha value is 0.230. The minimum atomic E-state index is 0.203. The summed E-state index contributed by atoms with van der Waals surface area (Å²) >= 11 is 2.09. The number of thioether (sulfide) groups is 1. The van der Waals surface area contributed by atoms with Crippen LogP contribution in [0.5, 0.6) is 0 Å². The van der Waals surface area contributed by atoms with Crippen LogP contribution >= 0.6 is 11.8 Å². The summed E-state index contributed by atoms with van der Waals surface area (Å²) < 4.78 is 12.0. The molecule has 3 aliphatic heterocycles. The zero-order chi connectivity index (χ0) is 14.0. The molecule has 3 rings (SSSR count). The normalized spacial score (nSPS) is 39.0. The second-order valence-corrected chi connectivity index (χ2v) is 8.08. The summed E-state index contributed by atoms with van der Waals surface area (Å²) in [6, 6.07) is 0.607. The Morgan fingerprint density at radius 2 is 2.05 bits per heavy atom. The molecular weight excluding hydrogens is 270 g/mol. The fraction of sp³-hybridized carbons (Fsp3) is 1.00. The van der Waals surface area contributed by atoms with Gasteiger partial charge >= 0.3 is 0 Å². The molecule has 3 aliphatic rings. The van der Waals surface area contributed by atoms with Crippen molar-refractivity contribution in [2.75, 3.05) is 31.8 Å². The van der Waals surface area contributed by atoms with Gasteiger partial charge in [-0.2, -0.15) is 11.8 Å². The summed E-state index contributed by atoms with van der Waals surface area (Å²) in [5, 5.41) is 3.62. The molecule has 0 radical (unpaired) electrons. The van der Waals surface area contributed by atoms with E-state index in [1.807, 2.05) is 0 Å². The molecule has 3 fully saturated rings. The van der Waals surface area contributed by atoms with E-state index < -0.39 is 0 Å². The van der Waals surface area contributed by atoms with Crippen LogP contribution in [0.15, 0.2) is 0 Å². The van der Waals surface area contributed by atoms with E-state index in [4.69, 9.17) is 9.47 Å². The lowest BCUT2D eigenvalue weighted by molar-refractivity contribution is -0.109. The van der Waals surface area contributed by atoms with Crippen LogP contribution in [0.1, 0.15) is 39.0 Å². The highest BCUT2D eigenvalue weighted by molar-refractivity contribution is 7.99. The molecule has 116 valence electrons. The van der Waals surface area contributed by atoms with Gasteiger partial charge in [-0.1, -0.05) is 0 Å². The van der Waals surface area contributed by atoms with Crippen LogP contribution in [0.3, 0.4) is 0 Å². The van der Waals surface area contributed by atoms with E-state index in [2.05, 4.69) is 31.1 Å². The average molecular weight is 299 g/mol. The quantitative estimate of drug-likeness (QED) is 0.868. The largest absolute Gasteiger partial charge is 0.378 e. The molecule has 4 atom stereocenters. The maximum atomic E-state index is 6.24. The van der Waals surface area contributed by atoms with Crippen LogP contribution < -0.4 is 5.32 Å². The van der Waals surface area contributed by atoms with Crippen molar-refractivity contribution in [1.82, 2.24) is 5.32 Å². The number of hydrogen-bond acceptors (Lipinski definition) is 4. The number of ether oxygens (including phenoxy) is 2. The molecule has 3 heterocycles. The molecule has 4 unspecified atom stereocenters. The molecule has 0 aromatic carbocycles. The van der Waals surface area contributed by atoms with Crippen LogP contribution in [0.4, 0.5) is 0 Å². The van der Waals surface area contributed by atoms with Crippen molar-refractivity contribution in [2.24, 2.45) is 11.8 Å². The lowest BCUT2D eigenvalue weighted by Gasteiger charge is -2.46. The molecule has 20 heavy (non-hydrogen) atoms. The Morgan fingerprint density at radius 3 is 2.70 bits per heavy atom. The molecule has 0 aliphatic carbocycles. The maximum Gasteiger partial charge on any atom is 0.0701 e. The molecule has 1 N–H and O–H groups in total. The van der Waals surface area contributed by atoms with E-state index in [9.17, 15) is 0 Å². The maximum absolute atomic E-state index is 6.24. The minimum Gasteiger partial charge on any atom is -0.378 e. The van der Waals surface area contributed by atoms with Gasteiger partial charge in [0.05, 0.1) is 18.3 Å². The topological polar surface area (TPSA) is 30.5 Å². The molecular formula is C16H29NO2S. The first-order chi connectivity index (χ1) is 9.72. The van der Waals surface area contributed by atoms with Gasteiger partial charge in [-0.25, -0.2) is 0 Å². The summed E-state index contributed by atoms with van der Waals surface area (Å²) in [4.78, 5) is 0. The smallest absolute Gasteiger partial charge is 0.0701 e. The SMILES string of the molecule is CNC(C1COC(C)C1)C1CCOC2(CCSCC2)C1. The lowest BCUT2D eigenvalue weighted by Crippen LogP contribution is -2.50. The van der Waals surface area contributed by atoms with E-state index in [-0.39, 0.29) is 5.60 Å². The molecule has 1 spiro atoms. The third-order valence-corrected chi connectivity index (χ3v) is 6.50.